The molecule has 0 fully saturated rings. The van der Waals surface area contributed by atoms with E-state index in [1.165, 1.54) is 18.4 Å². The molecule has 1 aliphatic rings. The summed E-state index contributed by atoms with van der Waals surface area (Å²) in [5.74, 6) is 7.74. The van der Waals surface area contributed by atoms with Crippen LogP contribution in [-0.2, 0) is 0 Å². The molecule has 118 valence electrons. The number of aliphatic hydroxyl groups is 1. The van der Waals surface area contributed by atoms with Crippen molar-refractivity contribution in [2.24, 2.45) is 0 Å². The highest BCUT2D eigenvalue weighted by Crippen LogP contribution is 2.24. The van der Waals surface area contributed by atoms with E-state index >= 15 is 0 Å². The standard InChI is InChI=1S/C19H24O3/c1-21-17-12-13-19(22-2)16(14-17)10-6-7-11-18(20)15-8-4-3-5-9-15/h8,12-14,18,20H,3-5,7,9,11H2,1-2H3. The lowest BCUT2D eigenvalue weighted by Crippen LogP contribution is -2.12. The lowest BCUT2D eigenvalue weighted by atomic mass is 9.93. The normalized spacial score (nSPS) is 15.3. The zero-order chi connectivity index (χ0) is 15.8. The summed E-state index contributed by atoms with van der Waals surface area (Å²) in [6.45, 7) is 0. The second kappa shape index (κ2) is 8.51. The van der Waals surface area contributed by atoms with Gasteiger partial charge >= 0.3 is 0 Å². The molecule has 2 rings (SSSR count). The van der Waals surface area contributed by atoms with Crippen LogP contribution in [0.1, 0.15) is 44.1 Å². The van der Waals surface area contributed by atoms with Crippen molar-refractivity contribution < 1.29 is 14.6 Å². The van der Waals surface area contributed by atoms with Crippen LogP contribution in [0.5, 0.6) is 11.5 Å². The number of methoxy groups -OCH3 is 2. The van der Waals surface area contributed by atoms with E-state index in [1.54, 1.807) is 14.2 Å². The van der Waals surface area contributed by atoms with Crippen molar-refractivity contribution in [1.82, 2.24) is 0 Å². The third-order valence-electron chi connectivity index (χ3n) is 3.93. The van der Waals surface area contributed by atoms with Gasteiger partial charge in [-0.05, 0) is 55.9 Å². The highest BCUT2D eigenvalue weighted by atomic mass is 16.5. The maximum absolute atomic E-state index is 10.2. The minimum Gasteiger partial charge on any atom is -0.497 e. The summed E-state index contributed by atoms with van der Waals surface area (Å²) in [6, 6.07) is 5.57. The summed E-state index contributed by atoms with van der Waals surface area (Å²) in [7, 11) is 3.26. The molecule has 0 amide bonds. The predicted molar refractivity (Wildman–Crippen MR) is 88.2 cm³/mol. The molecule has 0 saturated heterocycles. The summed E-state index contributed by atoms with van der Waals surface area (Å²) in [4.78, 5) is 0. The fraction of sp³-hybridized carbons (Fsp3) is 0.474. The van der Waals surface area contributed by atoms with E-state index < -0.39 is 0 Å². The lowest BCUT2D eigenvalue weighted by Gasteiger charge is -2.17. The first-order chi connectivity index (χ1) is 10.7. The molecule has 0 spiro atoms. The third-order valence-corrected chi connectivity index (χ3v) is 3.93. The number of aliphatic hydroxyl groups excluding tert-OH is 1. The third kappa shape index (κ3) is 4.54. The number of hydrogen-bond acceptors (Lipinski definition) is 3. The Bertz CT molecular complexity index is 578. The van der Waals surface area contributed by atoms with Crippen molar-refractivity contribution in [2.75, 3.05) is 14.2 Å². The molecule has 0 bridgehead atoms. The first-order valence-electron chi connectivity index (χ1n) is 7.82. The summed E-state index contributed by atoms with van der Waals surface area (Å²) in [6.07, 6.45) is 7.75. The summed E-state index contributed by atoms with van der Waals surface area (Å²) in [5.41, 5.74) is 2.00. The van der Waals surface area contributed by atoms with E-state index in [2.05, 4.69) is 17.9 Å². The van der Waals surface area contributed by atoms with Gasteiger partial charge in [-0.3, -0.25) is 0 Å². The highest BCUT2D eigenvalue weighted by Gasteiger charge is 2.12. The lowest BCUT2D eigenvalue weighted by molar-refractivity contribution is 0.195. The van der Waals surface area contributed by atoms with Crippen LogP contribution in [-0.4, -0.2) is 25.4 Å². The van der Waals surface area contributed by atoms with E-state index in [4.69, 9.17) is 9.47 Å². The molecule has 1 aliphatic carbocycles. The zero-order valence-corrected chi connectivity index (χ0v) is 13.4. The van der Waals surface area contributed by atoms with Gasteiger partial charge in [-0.2, -0.15) is 0 Å². The Hall–Kier alpha value is -1.92. The van der Waals surface area contributed by atoms with Gasteiger partial charge in [0, 0.05) is 6.42 Å². The van der Waals surface area contributed by atoms with Crippen LogP contribution < -0.4 is 9.47 Å². The Labute approximate surface area is 133 Å². The molecule has 1 aromatic carbocycles. The molecule has 0 radical (unpaired) electrons. The van der Waals surface area contributed by atoms with E-state index in [9.17, 15) is 5.11 Å². The SMILES string of the molecule is COc1ccc(OC)c(C#CCCC(O)C2=CCCCC2)c1. The summed E-state index contributed by atoms with van der Waals surface area (Å²) < 4.78 is 10.5. The molecule has 0 saturated carbocycles. The smallest absolute Gasteiger partial charge is 0.134 e. The molecule has 1 aromatic rings. The molecule has 0 aromatic heterocycles. The van der Waals surface area contributed by atoms with Gasteiger partial charge in [0.15, 0.2) is 0 Å². The second-order valence-corrected chi connectivity index (χ2v) is 5.45. The van der Waals surface area contributed by atoms with Crippen LogP contribution in [0, 0.1) is 11.8 Å². The Morgan fingerprint density at radius 2 is 2.09 bits per heavy atom. The maximum atomic E-state index is 10.2. The average Bonchev–Trinajstić information content (AvgIpc) is 2.59. The Morgan fingerprint density at radius 1 is 1.23 bits per heavy atom. The highest BCUT2D eigenvalue weighted by molar-refractivity contribution is 5.50. The van der Waals surface area contributed by atoms with Crippen LogP contribution in [0.3, 0.4) is 0 Å². The Morgan fingerprint density at radius 3 is 2.77 bits per heavy atom. The fourth-order valence-corrected chi connectivity index (χ4v) is 2.63. The van der Waals surface area contributed by atoms with Crippen LogP contribution in [0.2, 0.25) is 0 Å². The molecule has 1 unspecified atom stereocenters. The van der Waals surface area contributed by atoms with Crippen molar-refractivity contribution >= 4 is 0 Å². The van der Waals surface area contributed by atoms with Gasteiger partial charge < -0.3 is 14.6 Å². The zero-order valence-electron chi connectivity index (χ0n) is 13.4. The van der Waals surface area contributed by atoms with E-state index in [1.807, 2.05) is 18.2 Å². The van der Waals surface area contributed by atoms with Gasteiger partial charge in [0.2, 0.25) is 0 Å². The molecule has 3 heteroatoms. The number of ether oxygens (including phenoxy) is 2. The monoisotopic (exact) mass is 300 g/mol. The fourth-order valence-electron chi connectivity index (χ4n) is 2.63. The van der Waals surface area contributed by atoms with Gasteiger partial charge in [0.1, 0.15) is 11.5 Å². The molecule has 22 heavy (non-hydrogen) atoms. The quantitative estimate of drug-likeness (QED) is 0.665. The van der Waals surface area contributed by atoms with Gasteiger partial charge in [0.05, 0.1) is 25.9 Å². The van der Waals surface area contributed by atoms with Crippen molar-refractivity contribution in [2.45, 2.75) is 44.6 Å². The van der Waals surface area contributed by atoms with Gasteiger partial charge in [-0.25, -0.2) is 0 Å². The van der Waals surface area contributed by atoms with Gasteiger partial charge in [-0.1, -0.05) is 17.9 Å². The molecule has 0 heterocycles. The molecular weight excluding hydrogens is 276 g/mol. The summed E-state index contributed by atoms with van der Waals surface area (Å²) in [5, 5.41) is 10.2. The van der Waals surface area contributed by atoms with Crippen molar-refractivity contribution in [3.63, 3.8) is 0 Å². The maximum Gasteiger partial charge on any atom is 0.134 e. The first-order valence-corrected chi connectivity index (χ1v) is 7.82. The minimum absolute atomic E-state index is 0.346. The van der Waals surface area contributed by atoms with Crippen LogP contribution in [0.15, 0.2) is 29.8 Å². The van der Waals surface area contributed by atoms with E-state index in [0.717, 1.165) is 29.9 Å². The minimum atomic E-state index is -0.346. The molecule has 0 aliphatic heterocycles. The van der Waals surface area contributed by atoms with Crippen molar-refractivity contribution in [3.05, 3.63) is 35.4 Å². The topological polar surface area (TPSA) is 38.7 Å². The van der Waals surface area contributed by atoms with E-state index in [-0.39, 0.29) is 6.10 Å². The van der Waals surface area contributed by atoms with E-state index in [0.29, 0.717) is 12.8 Å². The van der Waals surface area contributed by atoms with Crippen molar-refractivity contribution in [1.29, 1.82) is 0 Å². The number of benzene rings is 1. The molecular formula is C19H24O3. The molecule has 1 N–H and O–H groups in total. The first kappa shape index (κ1) is 16.5. The largest absolute Gasteiger partial charge is 0.497 e. The van der Waals surface area contributed by atoms with Crippen LogP contribution in [0.25, 0.3) is 0 Å². The predicted octanol–water partition coefficient (Wildman–Crippen LogP) is 3.70. The Kier molecular flexibility index (Phi) is 6.36. The second-order valence-electron chi connectivity index (χ2n) is 5.45. The van der Waals surface area contributed by atoms with Crippen molar-refractivity contribution in [3.8, 4) is 23.3 Å². The molecule has 1 atom stereocenters. The average molecular weight is 300 g/mol. The van der Waals surface area contributed by atoms with Gasteiger partial charge in [0.25, 0.3) is 0 Å². The Balaban J connectivity index is 1.94. The number of rotatable bonds is 5. The van der Waals surface area contributed by atoms with Crippen LogP contribution >= 0.6 is 0 Å². The number of hydrogen-bond donors (Lipinski definition) is 1. The summed E-state index contributed by atoms with van der Waals surface area (Å²) >= 11 is 0. The van der Waals surface area contributed by atoms with Gasteiger partial charge in [-0.15, -0.1) is 0 Å². The van der Waals surface area contributed by atoms with Crippen LogP contribution in [0.4, 0.5) is 0 Å². The number of allylic oxidation sites excluding steroid dienone is 1. The molecule has 3 nitrogen and oxygen atoms in total.